The monoisotopic (exact) mass is 394 g/mol. The van der Waals surface area contributed by atoms with E-state index in [1.54, 1.807) is 25.2 Å². The molecule has 0 spiro atoms. The number of carbonyl (C=O) groups excluding carboxylic acids is 2. The van der Waals surface area contributed by atoms with Crippen molar-refractivity contribution in [3.63, 3.8) is 0 Å². The van der Waals surface area contributed by atoms with E-state index in [4.69, 9.17) is 0 Å². The van der Waals surface area contributed by atoms with E-state index in [1.807, 2.05) is 30.5 Å². The smallest absolute Gasteiger partial charge is 0.274 e. The second kappa shape index (κ2) is 8.55. The third kappa shape index (κ3) is 4.60. The van der Waals surface area contributed by atoms with Crippen LogP contribution in [0.4, 0.5) is 5.69 Å². The zero-order valence-electron chi connectivity index (χ0n) is 16.2. The van der Waals surface area contributed by atoms with Crippen molar-refractivity contribution < 1.29 is 14.5 Å². The van der Waals surface area contributed by atoms with Crippen molar-refractivity contribution in [3.05, 3.63) is 76.0 Å². The molecule has 0 saturated heterocycles. The minimum absolute atomic E-state index is 0.0418. The van der Waals surface area contributed by atoms with Gasteiger partial charge in [0.05, 0.1) is 11.5 Å². The minimum atomic E-state index is -0.778. The van der Waals surface area contributed by atoms with Crippen LogP contribution >= 0.6 is 0 Å². The summed E-state index contributed by atoms with van der Waals surface area (Å²) < 4.78 is 0. The Bertz CT molecular complexity index is 1060. The van der Waals surface area contributed by atoms with Crippen LogP contribution in [0.1, 0.15) is 18.1 Å². The van der Waals surface area contributed by atoms with Crippen molar-refractivity contribution in [3.8, 4) is 0 Å². The summed E-state index contributed by atoms with van der Waals surface area (Å²) in [6.07, 6.45) is 2.14. The summed E-state index contributed by atoms with van der Waals surface area (Å²) in [5, 5.41) is 14.9. The number of nitro benzene ring substituents is 1. The number of hydrogen-bond donors (Lipinski definition) is 2. The number of aromatic amines is 1. The summed E-state index contributed by atoms with van der Waals surface area (Å²) in [5.41, 5.74) is 2.25. The summed E-state index contributed by atoms with van der Waals surface area (Å²) in [4.78, 5) is 40.1. The van der Waals surface area contributed by atoms with Crippen molar-refractivity contribution in [1.29, 1.82) is 0 Å². The van der Waals surface area contributed by atoms with Crippen LogP contribution in [0.2, 0.25) is 0 Å². The summed E-state index contributed by atoms with van der Waals surface area (Å²) in [6, 6.07) is 13.2. The lowest BCUT2D eigenvalue weighted by atomic mass is 10.0. The second-order valence-electron chi connectivity index (χ2n) is 6.90. The highest BCUT2D eigenvalue weighted by molar-refractivity contribution is 5.89. The molecular formula is C21H22N4O4. The molecule has 0 aliphatic heterocycles. The molecule has 2 aromatic carbocycles. The van der Waals surface area contributed by atoms with E-state index < -0.39 is 11.0 Å². The lowest BCUT2D eigenvalue weighted by Crippen LogP contribution is -2.47. The molecular weight excluding hydrogens is 372 g/mol. The number of carbonyl (C=O) groups is 2. The quantitative estimate of drug-likeness (QED) is 0.474. The second-order valence-corrected chi connectivity index (χ2v) is 6.90. The molecule has 3 aromatic rings. The molecule has 0 aliphatic carbocycles. The van der Waals surface area contributed by atoms with Crippen LogP contribution in [0.5, 0.6) is 0 Å². The Kier molecular flexibility index (Phi) is 5.92. The zero-order valence-corrected chi connectivity index (χ0v) is 16.2. The highest BCUT2D eigenvalue weighted by atomic mass is 16.6. The molecule has 3 rings (SSSR count). The average Bonchev–Trinajstić information content (AvgIpc) is 3.10. The van der Waals surface area contributed by atoms with Gasteiger partial charge in [-0.15, -0.1) is 0 Å². The molecule has 8 nitrogen and oxygen atoms in total. The lowest BCUT2D eigenvalue weighted by molar-refractivity contribution is -0.385. The maximum absolute atomic E-state index is 13.1. The van der Waals surface area contributed by atoms with Crippen LogP contribution in [-0.4, -0.2) is 39.7 Å². The summed E-state index contributed by atoms with van der Waals surface area (Å²) in [5.74, 6) is -0.633. The number of fused-ring (bicyclic) bond motifs is 1. The molecule has 1 heterocycles. The fraction of sp³-hybridized carbons (Fsp3) is 0.238. The summed E-state index contributed by atoms with van der Waals surface area (Å²) in [7, 11) is 1.57. The molecule has 2 amide bonds. The van der Waals surface area contributed by atoms with E-state index in [-0.39, 0.29) is 24.0 Å². The molecule has 2 N–H and O–H groups in total. The van der Waals surface area contributed by atoms with Crippen molar-refractivity contribution in [2.45, 2.75) is 25.9 Å². The van der Waals surface area contributed by atoms with Gasteiger partial charge in [-0.05, 0) is 11.6 Å². The van der Waals surface area contributed by atoms with E-state index in [1.165, 1.54) is 17.9 Å². The van der Waals surface area contributed by atoms with Crippen LogP contribution in [-0.2, 0) is 22.6 Å². The van der Waals surface area contributed by atoms with Gasteiger partial charge in [-0.3, -0.25) is 19.7 Å². The molecule has 29 heavy (non-hydrogen) atoms. The highest BCUT2D eigenvalue weighted by Gasteiger charge is 2.26. The minimum Gasteiger partial charge on any atom is -0.361 e. The van der Waals surface area contributed by atoms with Gasteiger partial charge < -0.3 is 15.2 Å². The number of nitrogens with zero attached hydrogens (tertiary/aromatic N) is 2. The van der Waals surface area contributed by atoms with E-state index in [2.05, 4.69) is 10.3 Å². The largest absolute Gasteiger partial charge is 0.361 e. The molecule has 1 aromatic heterocycles. The Morgan fingerprint density at radius 2 is 1.83 bits per heavy atom. The SMILES string of the molecule is CC(=O)NC(Cc1c[nH]c2ccccc12)C(=O)N(C)Cc1ccccc1[N+](=O)[O-]. The summed E-state index contributed by atoms with van der Waals surface area (Å²) >= 11 is 0. The Labute approximate surface area is 167 Å². The zero-order chi connectivity index (χ0) is 21.0. The van der Waals surface area contributed by atoms with Gasteiger partial charge in [0.25, 0.3) is 5.69 Å². The molecule has 1 atom stereocenters. The number of likely N-dealkylation sites (N-methyl/N-ethyl adjacent to an activating group) is 1. The van der Waals surface area contributed by atoms with Crippen molar-refractivity contribution >= 4 is 28.4 Å². The van der Waals surface area contributed by atoms with Gasteiger partial charge in [0, 0.05) is 49.1 Å². The first-order valence-electron chi connectivity index (χ1n) is 9.16. The Morgan fingerprint density at radius 1 is 1.14 bits per heavy atom. The van der Waals surface area contributed by atoms with Crippen molar-refractivity contribution in [1.82, 2.24) is 15.2 Å². The van der Waals surface area contributed by atoms with Gasteiger partial charge in [-0.25, -0.2) is 0 Å². The summed E-state index contributed by atoms with van der Waals surface area (Å²) in [6.45, 7) is 1.43. The molecule has 8 heteroatoms. The predicted octanol–water partition coefficient (Wildman–Crippen LogP) is 2.78. The lowest BCUT2D eigenvalue weighted by Gasteiger charge is -2.24. The first-order valence-corrected chi connectivity index (χ1v) is 9.16. The number of amides is 2. The van der Waals surface area contributed by atoms with Crippen LogP contribution < -0.4 is 5.32 Å². The molecule has 0 aliphatic rings. The van der Waals surface area contributed by atoms with E-state index in [9.17, 15) is 19.7 Å². The van der Waals surface area contributed by atoms with Gasteiger partial charge in [-0.2, -0.15) is 0 Å². The molecule has 1 unspecified atom stereocenters. The van der Waals surface area contributed by atoms with Gasteiger partial charge in [0.15, 0.2) is 0 Å². The molecule has 0 saturated carbocycles. The number of nitro groups is 1. The van der Waals surface area contributed by atoms with E-state index in [0.29, 0.717) is 12.0 Å². The number of aromatic nitrogens is 1. The van der Waals surface area contributed by atoms with Crippen molar-refractivity contribution in [2.24, 2.45) is 0 Å². The van der Waals surface area contributed by atoms with Crippen LogP contribution in [0, 0.1) is 10.1 Å². The average molecular weight is 394 g/mol. The predicted molar refractivity (Wildman–Crippen MR) is 109 cm³/mol. The first kappa shape index (κ1) is 20.1. The topological polar surface area (TPSA) is 108 Å². The van der Waals surface area contributed by atoms with Gasteiger partial charge in [-0.1, -0.05) is 36.4 Å². The fourth-order valence-electron chi connectivity index (χ4n) is 3.39. The van der Waals surface area contributed by atoms with E-state index >= 15 is 0 Å². The first-order chi connectivity index (χ1) is 13.9. The molecule has 150 valence electrons. The maximum atomic E-state index is 13.1. The Balaban J connectivity index is 1.82. The third-order valence-electron chi connectivity index (χ3n) is 4.75. The highest BCUT2D eigenvalue weighted by Crippen LogP contribution is 2.21. The number of H-pyrrole nitrogens is 1. The number of nitrogens with one attached hydrogen (secondary N) is 2. The Hall–Kier alpha value is -3.68. The normalized spacial score (nSPS) is 11.8. The van der Waals surface area contributed by atoms with Gasteiger partial charge in [0.1, 0.15) is 6.04 Å². The molecule has 0 bridgehead atoms. The number of rotatable bonds is 7. The van der Waals surface area contributed by atoms with E-state index in [0.717, 1.165) is 16.5 Å². The van der Waals surface area contributed by atoms with Gasteiger partial charge >= 0.3 is 0 Å². The molecule has 0 fully saturated rings. The third-order valence-corrected chi connectivity index (χ3v) is 4.75. The Morgan fingerprint density at radius 3 is 2.55 bits per heavy atom. The van der Waals surface area contributed by atoms with Gasteiger partial charge in [0.2, 0.25) is 11.8 Å². The number of benzene rings is 2. The molecule has 0 radical (unpaired) electrons. The number of para-hydroxylation sites is 2. The van der Waals surface area contributed by atoms with Crippen LogP contribution in [0.25, 0.3) is 10.9 Å². The van der Waals surface area contributed by atoms with Crippen molar-refractivity contribution in [2.75, 3.05) is 7.05 Å². The standard InChI is InChI=1S/C21H22N4O4/c1-14(26)23-19(11-16-12-22-18-9-5-4-8-17(16)18)21(27)24(2)13-15-7-3-6-10-20(15)25(28)29/h3-10,12,19,22H,11,13H2,1-2H3,(H,23,26). The van der Waals surface area contributed by atoms with Crippen LogP contribution in [0.15, 0.2) is 54.7 Å². The number of hydrogen-bond acceptors (Lipinski definition) is 4. The van der Waals surface area contributed by atoms with Crippen LogP contribution in [0.3, 0.4) is 0 Å². The maximum Gasteiger partial charge on any atom is 0.274 e. The fourth-order valence-corrected chi connectivity index (χ4v) is 3.39.